The number of sulfonamides is 1. The Morgan fingerprint density at radius 1 is 0.917 bits per heavy atom. The van der Waals surface area contributed by atoms with Gasteiger partial charge in [-0.1, -0.05) is 17.7 Å². The van der Waals surface area contributed by atoms with Crippen LogP contribution in [0.2, 0.25) is 0 Å². The lowest BCUT2D eigenvalue weighted by Gasteiger charge is -2.10. The summed E-state index contributed by atoms with van der Waals surface area (Å²) in [7, 11) is -4.22. The van der Waals surface area contributed by atoms with Crippen molar-refractivity contribution < 1.29 is 18.3 Å². The standard InChI is InChI=1S/C14H13N3O6S/c1-9-3-6-11(7-4-9)24(22,23)15-13-12(16(18)19)8-5-10(2)14(13)17(20)21/h3-8,15H,1-2H3. The highest BCUT2D eigenvalue weighted by Gasteiger charge is 2.31. The van der Waals surface area contributed by atoms with Crippen molar-refractivity contribution in [1.29, 1.82) is 0 Å². The van der Waals surface area contributed by atoms with Crippen molar-refractivity contribution in [3.63, 3.8) is 0 Å². The van der Waals surface area contributed by atoms with E-state index >= 15 is 0 Å². The Hall–Kier alpha value is -3.01. The summed E-state index contributed by atoms with van der Waals surface area (Å²) in [5.74, 6) is 0. The Bertz CT molecular complexity index is 922. The number of hydrogen-bond donors (Lipinski definition) is 1. The minimum Gasteiger partial charge on any atom is -0.267 e. The molecule has 0 aliphatic rings. The number of anilines is 1. The molecule has 0 saturated heterocycles. The van der Waals surface area contributed by atoms with E-state index in [0.717, 1.165) is 11.6 Å². The van der Waals surface area contributed by atoms with Crippen molar-refractivity contribution in [2.75, 3.05) is 4.72 Å². The van der Waals surface area contributed by atoms with Gasteiger partial charge in [-0.2, -0.15) is 0 Å². The van der Waals surface area contributed by atoms with Gasteiger partial charge in [0, 0.05) is 11.6 Å². The Balaban J connectivity index is 2.63. The van der Waals surface area contributed by atoms with Gasteiger partial charge in [-0.25, -0.2) is 8.42 Å². The van der Waals surface area contributed by atoms with Gasteiger partial charge in [-0.15, -0.1) is 0 Å². The average Bonchev–Trinajstić information content (AvgIpc) is 2.46. The molecule has 0 saturated carbocycles. The molecular weight excluding hydrogens is 338 g/mol. The molecule has 9 nitrogen and oxygen atoms in total. The molecule has 0 spiro atoms. The summed E-state index contributed by atoms with van der Waals surface area (Å²) in [6, 6.07) is 7.94. The lowest BCUT2D eigenvalue weighted by molar-refractivity contribution is -0.392. The molecule has 0 amide bonds. The third kappa shape index (κ3) is 3.33. The minimum absolute atomic E-state index is 0.104. The van der Waals surface area contributed by atoms with Crippen LogP contribution in [0, 0.1) is 34.1 Å². The molecule has 0 aromatic heterocycles. The van der Waals surface area contributed by atoms with Crippen molar-refractivity contribution in [2.24, 2.45) is 0 Å². The van der Waals surface area contributed by atoms with Crippen molar-refractivity contribution in [1.82, 2.24) is 0 Å². The van der Waals surface area contributed by atoms with Gasteiger partial charge in [0.25, 0.3) is 15.7 Å². The first-order valence-electron chi connectivity index (χ1n) is 6.65. The SMILES string of the molecule is Cc1ccc(S(=O)(=O)Nc2c([N+](=O)[O-])ccc(C)c2[N+](=O)[O-])cc1. The lowest BCUT2D eigenvalue weighted by Crippen LogP contribution is -2.15. The summed E-state index contributed by atoms with van der Waals surface area (Å²) in [5, 5.41) is 22.4. The molecule has 1 N–H and O–H groups in total. The fourth-order valence-electron chi connectivity index (χ4n) is 2.08. The van der Waals surface area contributed by atoms with Crippen molar-refractivity contribution >= 4 is 27.1 Å². The second-order valence-corrected chi connectivity index (χ2v) is 6.74. The minimum atomic E-state index is -4.22. The predicted octanol–water partition coefficient (Wildman–Crippen LogP) is 2.92. The summed E-state index contributed by atoms with van der Waals surface area (Å²) in [6.45, 7) is 3.13. The van der Waals surface area contributed by atoms with Crippen molar-refractivity contribution in [3.05, 3.63) is 67.8 Å². The highest BCUT2D eigenvalue weighted by atomic mass is 32.2. The van der Waals surface area contributed by atoms with E-state index in [1.54, 1.807) is 19.1 Å². The average molecular weight is 351 g/mol. The highest BCUT2D eigenvalue weighted by molar-refractivity contribution is 7.92. The molecular formula is C14H13N3O6S. The van der Waals surface area contributed by atoms with E-state index in [1.165, 1.54) is 25.1 Å². The van der Waals surface area contributed by atoms with Gasteiger partial charge in [0.1, 0.15) is 0 Å². The van der Waals surface area contributed by atoms with Crippen molar-refractivity contribution in [3.8, 4) is 0 Å². The zero-order valence-corrected chi connectivity index (χ0v) is 13.5. The number of nitro groups is 2. The third-order valence-corrected chi connectivity index (χ3v) is 4.67. The van der Waals surface area contributed by atoms with E-state index in [1.807, 2.05) is 4.72 Å². The lowest BCUT2D eigenvalue weighted by atomic mass is 10.1. The second kappa shape index (κ2) is 6.24. The summed E-state index contributed by atoms with van der Waals surface area (Å²) in [5.41, 5.74) is -1.08. The summed E-state index contributed by atoms with van der Waals surface area (Å²) >= 11 is 0. The fourth-order valence-corrected chi connectivity index (χ4v) is 3.17. The number of nitrogens with zero attached hydrogens (tertiary/aromatic N) is 2. The maximum atomic E-state index is 12.4. The maximum Gasteiger partial charge on any atom is 0.303 e. The van der Waals surface area contributed by atoms with E-state index in [9.17, 15) is 28.6 Å². The van der Waals surface area contributed by atoms with E-state index in [0.29, 0.717) is 0 Å². The number of hydrogen-bond acceptors (Lipinski definition) is 6. The van der Waals surface area contributed by atoms with Gasteiger partial charge < -0.3 is 0 Å². The van der Waals surface area contributed by atoms with Crippen LogP contribution in [0.4, 0.5) is 17.1 Å². The monoisotopic (exact) mass is 351 g/mol. The van der Waals surface area contributed by atoms with Gasteiger partial charge in [0.05, 0.1) is 14.7 Å². The van der Waals surface area contributed by atoms with Crippen LogP contribution in [-0.4, -0.2) is 18.3 Å². The molecule has 24 heavy (non-hydrogen) atoms. The van der Waals surface area contributed by atoms with Crippen LogP contribution in [0.15, 0.2) is 41.3 Å². The van der Waals surface area contributed by atoms with Crippen molar-refractivity contribution in [2.45, 2.75) is 18.7 Å². The summed E-state index contributed by atoms with van der Waals surface area (Å²) < 4.78 is 26.8. The van der Waals surface area contributed by atoms with Crippen LogP contribution in [0.3, 0.4) is 0 Å². The second-order valence-electron chi connectivity index (χ2n) is 5.06. The third-order valence-electron chi connectivity index (χ3n) is 3.30. The van der Waals surface area contributed by atoms with Gasteiger partial charge in [0.15, 0.2) is 0 Å². The van der Waals surface area contributed by atoms with Crippen LogP contribution in [0.5, 0.6) is 0 Å². The molecule has 0 radical (unpaired) electrons. The summed E-state index contributed by atoms with van der Waals surface area (Å²) in [4.78, 5) is 20.5. The van der Waals surface area contributed by atoms with Gasteiger partial charge in [0.2, 0.25) is 5.69 Å². The number of benzene rings is 2. The molecule has 0 atom stereocenters. The van der Waals surface area contributed by atoms with E-state index in [2.05, 4.69) is 0 Å². The first kappa shape index (κ1) is 17.3. The fraction of sp³-hybridized carbons (Fsp3) is 0.143. The van der Waals surface area contributed by atoms with Crippen LogP contribution < -0.4 is 4.72 Å². The Kier molecular flexibility index (Phi) is 4.51. The zero-order valence-electron chi connectivity index (χ0n) is 12.7. The molecule has 2 aromatic rings. The van der Waals surface area contributed by atoms with E-state index in [-0.39, 0.29) is 10.5 Å². The summed E-state index contributed by atoms with van der Waals surface area (Å²) in [6.07, 6.45) is 0. The Morgan fingerprint density at radius 3 is 2.00 bits per heavy atom. The largest absolute Gasteiger partial charge is 0.303 e. The molecule has 10 heteroatoms. The first-order chi connectivity index (χ1) is 11.1. The van der Waals surface area contributed by atoms with Crippen LogP contribution in [0.25, 0.3) is 0 Å². The molecule has 2 rings (SSSR count). The van der Waals surface area contributed by atoms with Gasteiger partial charge in [-0.05, 0) is 32.0 Å². The van der Waals surface area contributed by atoms with Crippen LogP contribution >= 0.6 is 0 Å². The smallest absolute Gasteiger partial charge is 0.267 e. The van der Waals surface area contributed by atoms with Crippen LogP contribution in [-0.2, 0) is 10.0 Å². The molecule has 0 heterocycles. The Labute approximate surface area is 137 Å². The van der Waals surface area contributed by atoms with Gasteiger partial charge >= 0.3 is 5.69 Å². The quantitative estimate of drug-likeness (QED) is 0.650. The molecule has 0 unspecified atom stereocenters. The number of rotatable bonds is 5. The van der Waals surface area contributed by atoms with Crippen LogP contribution in [0.1, 0.15) is 11.1 Å². The Morgan fingerprint density at radius 2 is 1.50 bits per heavy atom. The normalized spacial score (nSPS) is 11.1. The molecule has 0 aliphatic heterocycles. The number of aryl methyl sites for hydroxylation is 2. The zero-order chi connectivity index (χ0) is 18.1. The first-order valence-corrected chi connectivity index (χ1v) is 8.13. The highest BCUT2D eigenvalue weighted by Crippen LogP contribution is 2.38. The molecule has 0 aliphatic carbocycles. The van der Waals surface area contributed by atoms with E-state index in [4.69, 9.17) is 0 Å². The predicted molar refractivity (Wildman–Crippen MR) is 86.5 cm³/mol. The number of nitrogens with one attached hydrogen (secondary N) is 1. The van der Waals surface area contributed by atoms with Gasteiger partial charge in [-0.3, -0.25) is 25.0 Å². The maximum absolute atomic E-state index is 12.4. The topological polar surface area (TPSA) is 132 Å². The molecule has 0 fully saturated rings. The molecule has 126 valence electrons. The van der Waals surface area contributed by atoms with E-state index < -0.39 is 36.9 Å². The molecule has 2 aromatic carbocycles. The number of nitro benzene ring substituents is 2. The molecule has 0 bridgehead atoms.